The summed E-state index contributed by atoms with van der Waals surface area (Å²) in [7, 11) is 0. The number of alkyl halides is 3. The number of anilines is 2. The molecule has 1 saturated heterocycles. The molecule has 0 spiro atoms. The first-order valence-corrected chi connectivity index (χ1v) is 13.1. The highest BCUT2D eigenvalue weighted by molar-refractivity contribution is 5.84. The van der Waals surface area contributed by atoms with Crippen molar-refractivity contribution in [3.05, 3.63) is 77.6 Å². The van der Waals surface area contributed by atoms with Crippen LogP contribution in [0, 0.1) is 0 Å². The molecule has 0 atom stereocenters. The molecule has 2 N–H and O–H groups in total. The number of hydrogen-bond acceptors (Lipinski definition) is 6. The minimum absolute atomic E-state index is 0.263. The number of likely N-dealkylation sites (tertiary alicyclic amines) is 1. The van der Waals surface area contributed by atoms with Crippen LogP contribution in [0.15, 0.2) is 60.9 Å². The lowest BCUT2D eigenvalue weighted by atomic mass is 10.0. The summed E-state index contributed by atoms with van der Waals surface area (Å²) in [5.41, 5.74) is 2.74. The molecule has 2 aromatic heterocycles. The zero-order chi connectivity index (χ0) is 26.1. The van der Waals surface area contributed by atoms with Crippen molar-refractivity contribution in [1.29, 1.82) is 0 Å². The summed E-state index contributed by atoms with van der Waals surface area (Å²) in [5.74, 6) is 1.25. The van der Waals surface area contributed by atoms with Crippen LogP contribution in [0.4, 0.5) is 24.9 Å². The van der Waals surface area contributed by atoms with Crippen LogP contribution in [0.3, 0.4) is 0 Å². The number of nitrogens with zero attached hydrogens (tertiary/aromatic N) is 5. The Kier molecular flexibility index (Phi) is 6.65. The third-order valence-electron chi connectivity index (χ3n) is 7.19. The second-order valence-electron chi connectivity index (χ2n) is 10.2. The van der Waals surface area contributed by atoms with Gasteiger partial charge in [0, 0.05) is 31.7 Å². The van der Waals surface area contributed by atoms with E-state index in [1.165, 1.54) is 17.7 Å². The first-order chi connectivity index (χ1) is 18.4. The first-order valence-electron chi connectivity index (χ1n) is 13.1. The second kappa shape index (κ2) is 10.2. The van der Waals surface area contributed by atoms with Crippen LogP contribution < -0.4 is 10.6 Å². The number of rotatable bonds is 8. The Balaban J connectivity index is 1.18. The average molecular weight is 522 g/mol. The maximum absolute atomic E-state index is 13.0. The summed E-state index contributed by atoms with van der Waals surface area (Å²) in [4.78, 5) is 16.6. The molecule has 1 saturated carbocycles. The Labute approximate surface area is 219 Å². The van der Waals surface area contributed by atoms with E-state index in [1.807, 2.05) is 10.6 Å². The van der Waals surface area contributed by atoms with Crippen LogP contribution in [-0.4, -0.2) is 49.6 Å². The molecule has 1 aliphatic carbocycles. The van der Waals surface area contributed by atoms with Gasteiger partial charge in [-0.25, -0.2) is 4.98 Å². The van der Waals surface area contributed by atoms with Crippen LogP contribution in [0.1, 0.15) is 42.4 Å². The monoisotopic (exact) mass is 521 g/mol. The Bertz CT molecular complexity index is 1370. The third-order valence-corrected chi connectivity index (χ3v) is 7.19. The molecule has 3 heterocycles. The predicted molar refractivity (Wildman–Crippen MR) is 141 cm³/mol. The lowest BCUT2D eigenvalue weighted by Crippen LogP contribution is -2.39. The number of imidazole rings is 1. The fourth-order valence-corrected chi connectivity index (χ4v) is 4.90. The molecule has 10 heteroatoms. The van der Waals surface area contributed by atoms with Gasteiger partial charge >= 0.3 is 6.18 Å². The van der Waals surface area contributed by atoms with Gasteiger partial charge in [0.05, 0.1) is 18.4 Å². The van der Waals surface area contributed by atoms with Crippen molar-refractivity contribution in [2.75, 3.05) is 23.7 Å². The van der Waals surface area contributed by atoms with Gasteiger partial charge in [-0.3, -0.25) is 4.90 Å². The van der Waals surface area contributed by atoms with Crippen molar-refractivity contribution >= 4 is 22.9 Å². The Morgan fingerprint density at radius 1 is 0.789 bits per heavy atom. The van der Waals surface area contributed by atoms with Crippen molar-refractivity contribution in [1.82, 2.24) is 24.4 Å². The molecule has 2 aromatic carbocycles. The van der Waals surface area contributed by atoms with E-state index in [2.05, 4.69) is 44.8 Å². The zero-order valence-corrected chi connectivity index (χ0v) is 21.0. The van der Waals surface area contributed by atoms with Crippen molar-refractivity contribution in [3.8, 4) is 0 Å². The maximum atomic E-state index is 13.0. The standard InChI is InChI=1S/C28H30F3N7/c29-28(30,31)21-8-6-20(7-9-21)17-38-18-32-24-25(33-22-10-11-22)35-27(36-26(24)38)34-23-12-14-37(15-13-23)16-19-4-2-1-3-5-19/h1-9,18,22-23H,10-17H2,(H2,33,34,35,36). The van der Waals surface area contributed by atoms with Gasteiger partial charge in [0.25, 0.3) is 0 Å². The van der Waals surface area contributed by atoms with Gasteiger partial charge < -0.3 is 15.2 Å². The number of fused-ring (bicyclic) bond motifs is 1. The van der Waals surface area contributed by atoms with Gasteiger partial charge in [-0.05, 0) is 48.9 Å². The lowest BCUT2D eigenvalue weighted by molar-refractivity contribution is -0.137. The number of halogens is 3. The highest BCUT2D eigenvalue weighted by atomic mass is 19.4. The summed E-state index contributed by atoms with van der Waals surface area (Å²) in [6.45, 7) is 3.31. The Morgan fingerprint density at radius 3 is 2.16 bits per heavy atom. The lowest BCUT2D eigenvalue weighted by Gasteiger charge is -2.32. The Hall–Kier alpha value is -3.66. The smallest absolute Gasteiger partial charge is 0.365 e. The molecular weight excluding hydrogens is 491 g/mol. The van der Waals surface area contributed by atoms with Gasteiger partial charge in [-0.1, -0.05) is 42.5 Å². The molecule has 1 aliphatic heterocycles. The van der Waals surface area contributed by atoms with E-state index in [-0.39, 0.29) is 6.04 Å². The van der Waals surface area contributed by atoms with E-state index in [0.29, 0.717) is 35.5 Å². The molecule has 198 valence electrons. The summed E-state index contributed by atoms with van der Waals surface area (Å²) >= 11 is 0. The second-order valence-corrected chi connectivity index (χ2v) is 10.2. The number of nitrogens with one attached hydrogen (secondary N) is 2. The number of hydrogen-bond donors (Lipinski definition) is 2. The van der Waals surface area contributed by atoms with Gasteiger partial charge in [0.15, 0.2) is 17.0 Å². The van der Waals surface area contributed by atoms with Crippen LogP contribution in [-0.2, 0) is 19.3 Å². The normalized spacial score (nSPS) is 17.1. The summed E-state index contributed by atoms with van der Waals surface area (Å²) in [5, 5.41) is 7.01. The number of piperidine rings is 1. The molecule has 0 bridgehead atoms. The van der Waals surface area contributed by atoms with E-state index in [4.69, 9.17) is 9.97 Å². The fraction of sp³-hybridized carbons (Fsp3) is 0.393. The summed E-state index contributed by atoms with van der Waals surface area (Å²) in [6, 6.07) is 16.4. The highest BCUT2D eigenvalue weighted by Gasteiger charge is 2.30. The number of benzene rings is 2. The van der Waals surface area contributed by atoms with Gasteiger partial charge in [0.1, 0.15) is 0 Å². The van der Waals surface area contributed by atoms with E-state index < -0.39 is 11.7 Å². The van der Waals surface area contributed by atoms with E-state index in [1.54, 1.807) is 6.33 Å². The number of aromatic nitrogens is 4. The van der Waals surface area contributed by atoms with Crippen molar-refractivity contribution in [3.63, 3.8) is 0 Å². The van der Waals surface area contributed by atoms with Crippen LogP contribution in [0.5, 0.6) is 0 Å². The molecule has 38 heavy (non-hydrogen) atoms. The van der Waals surface area contributed by atoms with Crippen molar-refractivity contribution in [2.45, 2.75) is 57.0 Å². The SMILES string of the molecule is FC(F)(F)c1ccc(Cn2cnc3c(NC4CC4)nc(NC4CCN(Cc5ccccc5)CC4)nc32)cc1. The molecule has 0 amide bonds. The van der Waals surface area contributed by atoms with Crippen molar-refractivity contribution < 1.29 is 13.2 Å². The van der Waals surface area contributed by atoms with E-state index in [0.717, 1.165) is 63.0 Å². The molecule has 0 radical (unpaired) electrons. The van der Waals surface area contributed by atoms with Crippen LogP contribution in [0.2, 0.25) is 0 Å². The molecule has 2 fully saturated rings. The molecule has 0 unspecified atom stereocenters. The zero-order valence-electron chi connectivity index (χ0n) is 21.0. The van der Waals surface area contributed by atoms with Crippen molar-refractivity contribution in [2.24, 2.45) is 0 Å². The molecule has 7 nitrogen and oxygen atoms in total. The summed E-state index contributed by atoms with van der Waals surface area (Å²) in [6.07, 6.45) is 1.51. The van der Waals surface area contributed by atoms with E-state index in [9.17, 15) is 13.2 Å². The predicted octanol–water partition coefficient (Wildman–Crippen LogP) is 5.54. The maximum Gasteiger partial charge on any atom is 0.416 e. The first kappa shape index (κ1) is 24.7. The average Bonchev–Trinajstić information content (AvgIpc) is 3.64. The van der Waals surface area contributed by atoms with Gasteiger partial charge in [0.2, 0.25) is 5.95 Å². The van der Waals surface area contributed by atoms with E-state index >= 15 is 0 Å². The minimum Gasteiger partial charge on any atom is -0.365 e. The Morgan fingerprint density at radius 2 is 1.47 bits per heavy atom. The molecule has 2 aliphatic rings. The molecule has 6 rings (SSSR count). The van der Waals surface area contributed by atoms with Crippen LogP contribution >= 0.6 is 0 Å². The quantitative estimate of drug-likeness (QED) is 0.317. The van der Waals surface area contributed by atoms with Gasteiger partial charge in [-0.15, -0.1) is 0 Å². The van der Waals surface area contributed by atoms with Gasteiger partial charge in [-0.2, -0.15) is 23.1 Å². The minimum atomic E-state index is -4.35. The molecular formula is C28H30F3N7. The van der Waals surface area contributed by atoms with Crippen LogP contribution in [0.25, 0.3) is 11.2 Å². The topological polar surface area (TPSA) is 70.9 Å². The largest absolute Gasteiger partial charge is 0.416 e. The highest BCUT2D eigenvalue weighted by Crippen LogP contribution is 2.31. The third kappa shape index (κ3) is 5.75. The summed E-state index contributed by atoms with van der Waals surface area (Å²) < 4.78 is 40.8. The fourth-order valence-electron chi connectivity index (χ4n) is 4.90. The molecule has 4 aromatic rings.